The molecule has 0 saturated heterocycles. The van der Waals surface area contributed by atoms with Crippen LogP contribution in [0.3, 0.4) is 0 Å². The van der Waals surface area contributed by atoms with Crippen LogP contribution in [0.2, 0.25) is 5.02 Å². The summed E-state index contributed by atoms with van der Waals surface area (Å²) in [7, 11) is 0. The van der Waals surface area contributed by atoms with Crippen molar-refractivity contribution in [1.82, 2.24) is 5.16 Å². The Bertz CT molecular complexity index is 490. The van der Waals surface area contributed by atoms with Gasteiger partial charge < -0.3 is 10.3 Å². The second kappa shape index (κ2) is 3.55. The fraction of sp³-hybridized carbons (Fsp3) is 0.100. The smallest absolute Gasteiger partial charge is 0.176 e. The summed E-state index contributed by atoms with van der Waals surface area (Å²) in [6.07, 6.45) is 0. The van der Waals surface area contributed by atoms with Gasteiger partial charge in [-0.1, -0.05) is 22.8 Å². The van der Waals surface area contributed by atoms with E-state index < -0.39 is 5.82 Å². The fourth-order valence-corrected chi connectivity index (χ4v) is 1.54. The maximum absolute atomic E-state index is 13.5. The highest BCUT2D eigenvalue weighted by Crippen LogP contribution is 2.34. The summed E-state index contributed by atoms with van der Waals surface area (Å²) >= 11 is 5.88. The number of nitrogen functional groups attached to an aromatic ring is 1. The van der Waals surface area contributed by atoms with Crippen LogP contribution in [-0.4, -0.2) is 5.16 Å². The van der Waals surface area contributed by atoms with E-state index in [1.165, 1.54) is 12.1 Å². The van der Waals surface area contributed by atoms with Crippen molar-refractivity contribution in [2.75, 3.05) is 5.73 Å². The Morgan fingerprint density at radius 3 is 2.73 bits per heavy atom. The minimum absolute atomic E-state index is 0.195. The molecule has 1 aromatic heterocycles. The molecule has 2 aromatic rings. The molecule has 0 atom stereocenters. The summed E-state index contributed by atoms with van der Waals surface area (Å²) in [6.45, 7) is 1.70. The molecular weight excluding hydrogens is 219 g/mol. The molecule has 3 nitrogen and oxygen atoms in total. The number of halogens is 2. The maximum Gasteiger partial charge on any atom is 0.176 e. The van der Waals surface area contributed by atoms with Gasteiger partial charge in [-0.15, -0.1) is 0 Å². The average Bonchev–Trinajstić information content (AvgIpc) is 2.49. The third-order valence-electron chi connectivity index (χ3n) is 2.15. The average molecular weight is 227 g/mol. The van der Waals surface area contributed by atoms with Gasteiger partial charge >= 0.3 is 0 Å². The van der Waals surface area contributed by atoms with Crippen molar-refractivity contribution >= 4 is 17.4 Å². The van der Waals surface area contributed by atoms with E-state index in [1.807, 2.05) is 0 Å². The first-order valence-electron chi connectivity index (χ1n) is 4.27. The first kappa shape index (κ1) is 9.98. The zero-order valence-corrected chi connectivity index (χ0v) is 8.68. The number of rotatable bonds is 1. The topological polar surface area (TPSA) is 52.0 Å². The molecule has 5 heteroatoms. The fourth-order valence-electron chi connectivity index (χ4n) is 1.30. The van der Waals surface area contributed by atoms with Crippen molar-refractivity contribution < 1.29 is 8.91 Å². The number of hydrogen-bond donors (Lipinski definition) is 1. The Morgan fingerprint density at radius 1 is 1.47 bits per heavy atom. The molecule has 2 N–H and O–H groups in total. The second-order valence-corrected chi connectivity index (χ2v) is 3.53. The van der Waals surface area contributed by atoms with Crippen LogP contribution in [0.1, 0.15) is 5.56 Å². The summed E-state index contributed by atoms with van der Waals surface area (Å²) in [6, 6.07) is 4.41. The molecule has 1 aromatic carbocycles. The Kier molecular flexibility index (Phi) is 2.36. The van der Waals surface area contributed by atoms with Gasteiger partial charge in [-0.05, 0) is 19.1 Å². The highest BCUT2D eigenvalue weighted by atomic mass is 35.5. The van der Waals surface area contributed by atoms with Crippen molar-refractivity contribution in [3.05, 3.63) is 34.6 Å². The van der Waals surface area contributed by atoms with E-state index in [9.17, 15) is 4.39 Å². The largest absolute Gasteiger partial charge is 0.381 e. The third-order valence-corrected chi connectivity index (χ3v) is 2.46. The van der Waals surface area contributed by atoms with Gasteiger partial charge in [0.2, 0.25) is 0 Å². The highest BCUT2D eigenvalue weighted by Gasteiger charge is 2.18. The van der Waals surface area contributed by atoms with Crippen molar-refractivity contribution in [2.45, 2.75) is 6.92 Å². The van der Waals surface area contributed by atoms with E-state index in [2.05, 4.69) is 5.16 Å². The number of aromatic nitrogens is 1. The summed E-state index contributed by atoms with van der Waals surface area (Å²) < 4.78 is 18.5. The molecule has 1 heterocycles. The van der Waals surface area contributed by atoms with Gasteiger partial charge in [0.25, 0.3) is 0 Å². The highest BCUT2D eigenvalue weighted by molar-refractivity contribution is 6.33. The standard InChI is InChI=1S/C10H8ClFN2O/c1-5-9(15-14-10(5)13)8-6(11)3-2-4-7(8)12/h2-4H,1H3,(H2,13,14). The summed E-state index contributed by atoms with van der Waals surface area (Å²) in [5.74, 6) is 0.0571. The molecular formula is C10H8ClFN2O. The molecule has 0 aliphatic rings. The lowest BCUT2D eigenvalue weighted by Gasteiger charge is -2.02. The first-order chi connectivity index (χ1) is 7.11. The zero-order valence-electron chi connectivity index (χ0n) is 7.92. The number of benzene rings is 1. The van der Waals surface area contributed by atoms with Crippen LogP contribution < -0.4 is 5.73 Å². The van der Waals surface area contributed by atoms with E-state index >= 15 is 0 Å². The maximum atomic E-state index is 13.5. The van der Waals surface area contributed by atoms with Crippen molar-refractivity contribution in [3.8, 4) is 11.3 Å². The van der Waals surface area contributed by atoms with Gasteiger partial charge in [0.1, 0.15) is 5.82 Å². The van der Waals surface area contributed by atoms with Crippen LogP contribution in [0.5, 0.6) is 0 Å². The normalized spacial score (nSPS) is 10.6. The molecule has 0 fully saturated rings. The lowest BCUT2D eigenvalue weighted by molar-refractivity contribution is 0.433. The van der Waals surface area contributed by atoms with Crippen LogP contribution in [0.25, 0.3) is 11.3 Å². The van der Waals surface area contributed by atoms with Gasteiger partial charge in [0.15, 0.2) is 11.6 Å². The lowest BCUT2D eigenvalue weighted by Crippen LogP contribution is -1.88. The molecule has 15 heavy (non-hydrogen) atoms. The molecule has 78 valence electrons. The van der Waals surface area contributed by atoms with Crippen molar-refractivity contribution in [1.29, 1.82) is 0 Å². The van der Waals surface area contributed by atoms with E-state index in [4.69, 9.17) is 21.9 Å². The number of nitrogens with two attached hydrogens (primary N) is 1. The van der Waals surface area contributed by atoms with Crippen molar-refractivity contribution in [3.63, 3.8) is 0 Å². The molecule has 0 aliphatic carbocycles. The Balaban J connectivity index is 2.69. The number of anilines is 1. The second-order valence-electron chi connectivity index (χ2n) is 3.12. The molecule has 0 saturated carbocycles. The van der Waals surface area contributed by atoms with Crippen LogP contribution in [0.4, 0.5) is 10.2 Å². The van der Waals surface area contributed by atoms with E-state index in [1.54, 1.807) is 13.0 Å². The number of nitrogens with zero attached hydrogens (tertiary/aromatic N) is 1. The third kappa shape index (κ3) is 1.57. The van der Waals surface area contributed by atoms with E-state index in [-0.39, 0.29) is 22.2 Å². The SMILES string of the molecule is Cc1c(N)noc1-c1c(F)cccc1Cl. The summed E-state index contributed by atoms with van der Waals surface area (Å²) in [4.78, 5) is 0. The molecule has 2 rings (SSSR count). The van der Waals surface area contributed by atoms with Crippen LogP contribution in [0.15, 0.2) is 22.7 Å². The molecule has 0 spiro atoms. The quantitative estimate of drug-likeness (QED) is 0.813. The Labute approximate surface area is 90.6 Å². The van der Waals surface area contributed by atoms with Gasteiger partial charge in [-0.25, -0.2) is 4.39 Å². The predicted octanol–water partition coefficient (Wildman–Crippen LogP) is 3.02. The van der Waals surface area contributed by atoms with Gasteiger partial charge in [0, 0.05) is 5.56 Å². The molecule has 0 bridgehead atoms. The first-order valence-corrected chi connectivity index (χ1v) is 4.65. The summed E-state index contributed by atoms with van der Waals surface area (Å²) in [5.41, 5.74) is 6.29. The van der Waals surface area contributed by atoms with Gasteiger partial charge in [0.05, 0.1) is 10.6 Å². The monoisotopic (exact) mass is 226 g/mol. The van der Waals surface area contributed by atoms with Crippen LogP contribution >= 0.6 is 11.6 Å². The minimum atomic E-state index is -0.457. The Morgan fingerprint density at radius 2 is 2.20 bits per heavy atom. The zero-order chi connectivity index (χ0) is 11.0. The summed E-state index contributed by atoms with van der Waals surface area (Å²) in [5, 5.41) is 3.82. The lowest BCUT2D eigenvalue weighted by atomic mass is 10.1. The minimum Gasteiger partial charge on any atom is -0.381 e. The van der Waals surface area contributed by atoms with Crippen molar-refractivity contribution in [2.24, 2.45) is 0 Å². The van der Waals surface area contributed by atoms with Crippen LogP contribution in [0, 0.1) is 12.7 Å². The van der Waals surface area contributed by atoms with Gasteiger partial charge in [-0.2, -0.15) is 0 Å². The Hall–Kier alpha value is -1.55. The van der Waals surface area contributed by atoms with E-state index in [0.29, 0.717) is 5.56 Å². The number of hydrogen-bond acceptors (Lipinski definition) is 3. The van der Waals surface area contributed by atoms with Gasteiger partial charge in [-0.3, -0.25) is 0 Å². The van der Waals surface area contributed by atoms with E-state index in [0.717, 1.165) is 0 Å². The predicted molar refractivity (Wildman–Crippen MR) is 56.1 cm³/mol. The van der Waals surface area contributed by atoms with Crippen LogP contribution in [-0.2, 0) is 0 Å². The molecule has 0 unspecified atom stereocenters. The molecule has 0 radical (unpaired) electrons. The molecule has 0 amide bonds. The molecule has 0 aliphatic heterocycles.